The highest BCUT2D eigenvalue weighted by molar-refractivity contribution is 5.80. The minimum Gasteiger partial charge on any atom is -0.465 e. The molecule has 11 heavy (non-hydrogen) atoms. The molecular formula is C9H12O2. The molecule has 1 spiro atoms. The maximum atomic E-state index is 11.4. The normalized spacial score (nSPS) is 52.9. The van der Waals surface area contributed by atoms with Crippen molar-refractivity contribution in [3.63, 3.8) is 0 Å². The van der Waals surface area contributed by atoms with E-state index in [2.05, 4.69) is 0 Å². The fraction of sp³-hybridized carbons (Fsp3) is 0.889. The first-order valence-corrected chi connectivity index (χ1v) is 4.48. The first-order valence-electron chi connectivity index (χ1n) is 4.48. The smallest absolute Gasteiger partial charge is 0.312 e. The van der Waals surface area contributed by atoms with Crippen molar-refractivity contribution in [2.75, 3.05) is 6.61 Å². The van der Waals surface area contributed by atoms with Gasteiger partial charge in [0.15, 0.2) is 0 Å². The van der Waals surface area contributed by atoms with Gasteiger partial charge in [-0.05, 0) is 31.6 Å². The van der Waals surface area contributed by atoms with Crippen molar-refractivity contribution in [1.82, 2.24) is 0 Å². The average Bonchev–Trinajstić information content (AvgIpc) is 2.62. The lowest BCUT2D eigenvalue weighted by molar-refractivity contribution is -0.146. The quantitative estimate of drug-likeness (QED) is 0.490. The van der Waals surface area contributed by atoms with Gasteiger partial charge in [0.2, 0.25) is 0 Å². The minimum atomic E-state index is 0.0185. The fourth-order valence-corrected chi connectivity index (χ4v) is 3.28. The Labute approximate surface area is 65.9 Å². The molecule has 2 heteroatoms. The fourth-order valence-electron chi connectivity index (χ4n) is 3.28. The van der Waals surface area contributed by atoms with E-state index < -0.39 is 0 Å². The van der Waals surface area contributed by atoms with Crippen LogP contribution in [0, 0.1) is 17.3 Å². The molecule has 3 unspecified atom stereocenters. The van der Waals surface area contributed by atoms with Crippen LogP contribution in [0.2, 0.25) is 0 Å². The molecule has 1 saturated heterocycles. The van der Waals surface area contributed by atoms with E-state index in [0.29, 0.717) is 5.92 Å². The molecule has 1 aliphatic heterocycles. The zero-order chi connectivity index (χ0) is 7.47. The minimum absolute atomic E-state index is 0.0185. The van der Waals surface area contributed by atoms with Gasteiger partial charge in [-0.15, -0.1) is 0 Å². The summed E-state index contributed by atoms with van der Waals surface area (Å²) in [5.41, 5.74) is 0.0185. The van der Waals surface area contributed by atoms with Crippen LogP contribution < -0.4 is 0 Å². The molecule has 1 heterocycles. The van der Waals surface area contributed by atoms with Gasteiger partial charge in [0, 0.05) is 5.92 Å². The third kappa shape index (κ3) is 0.534. The summed E-state index contributed by atoms with van der Waals surface area (Å²) in [5.74, 6) is 1.56. The molecule has 2 saturated carbocycles. The second kappa shape index (κ2) is 1.62. The second-order valence-corrected chi connectivity index (χ2v) is 4.30. The summed E-state index contributed by atoms with van der Waals surface area (Å²) >= 11 is 0. The third-order valence-electron chi connectivity index (χ3n) is 3.87. The molecule has 0 N–H and O–H groups in total. The van der Waals surface area contributed by atoms with Crippen LogP contribution in [-0.4, -0.2) is 12.6 Å². The summed E-state index contributed by atoms with van der Waals surface area (Å²) in [7, 11) is 0. The average molecular weight is 152 g/mol. The van der Waals surface area contributed by atoms with Crippen molar-refractivity contribution in [1.29, 1.82) is 0 Å². The lowest BCUT2D eigenvalue weighted by Crippen LogP contribution is -2.27. The van der Waals surface area contributed by atoms with E-state index in [1.807, 2.05) is 0 Å². The highest BCUT2D eigenvalue weighted by Gasteiger charge is 2.61. The van der Waals surface area contributed by atoms with Gasteiger partial charge in [-0.2, -0.15) is 0 Å². The molecule has 0 amide bonds. The van der Waals surface area contributed by atoms with Crippen LogP contribution in [0.1, 0.15) is 25.7 Å². The summed E-state index contributed by atoms with van der Waals surface area (Å²) in [5, 5.41) is 0. The maximum Gasteiger partial charge on any atom is 0.312 e. The van der Waals surface area contributed by atoms with E-state index in [4.69, 9.17) is 4.74 Å². The van der Waals surface area contributed by atoms with Gasteiger partial charge >= 0.3 is 5.97 Å². The number of carbonyl (C=O) groups excluding carboxylic acids is 1. The molecule has 3 atom stereocenters. The van der Waals surface area contributed by atoms with Gasteiger partial charge in [-0.25, -0.2) is 0 Å². The van der Waals surface area contributed by atoms with Crippen LogP contribution in [-0.2, 0) is 9.53 Å². The molecule has 2 bridgehead atoms. The number of cyclic esters (lactones) is 1. The Bertz CT molecular complexity index is 224. The van der Waals surface area contributed by atoms with Crippen LogP contribution in [0.25, 0.3) is 0 Å². The number of rotatable bonds is 0. The van der Waals surface area contributed by atoms with Gasteiger partial charge in [0.1, 0.15) is 0 Å². The van der Waals surface area contributed by atoms with E-state index in [1.165, 1.54) is 12.8 Å². The Morgan fingerprint density at radius 1 is 1.55 bits per heavy atom. The molecule has 3 aliphatic rings. The van der Waals surface area contributed by atoms with Crippen LogP contribution in [0.3, 0.4) is 0 Å². The first kappa shape index (κ1) is 6.04. The van der Waals surface area contributed by atoms with Crippen LogP contribution in [0.5, 0.6) is 0 Å². The molecule has 0 aromatic rings. The Kier molecular flexibility index (Phi) is 0.890. The SMILES string of the molecule is O=C1OCC2CC3CCC12C3. The largest absolute Gasteiger partial charge is 0.465 e. The van der Waals surface area contributed by atoms with Gasteiger partial charge in [-0.3, -0.25) is 4.79 Å². The monoisotopic (exact) mass is 152 g/mol. The van der Waals surface area contributed by atoms with Crippen molar-refractivity contribution in [3.8, 4) is 0 Å². The van der Waals surface area contributed by atoms with Crippen molar-refractivity contribution in [2.24, 2.45) is 17.3 Å². The van der Waals surface area contributed by atoms with Gasteiger partial charge in [-0.1, -0.05) is 0 Å². The molecule has 2 nitrogen and oxygen atoms in total. The van der Waals surface area contributed by atoms with E-state index in [-0.39, 0.29) is 11.4 Å². The van der Waals surface area contributed by atoms with Crippen LogP contribution in [0.4, 0.5) is 0 Å². The van der Waals surface area contributed by atoms with E-state index >= 15 is 0 Å². The molecule has 0 aromatic carbocycles. The molecule has 3 rings (SSSR count). The van der Waals surface area contributed by atoms with E-state index in [1.54, 1.807) is 0 Å². The highest BCUT2D eigenvalue weighted by Crippen LogP contribution is 2.60. The Balaban J connectivity index is 2.06. The van der Waals surface area contributed by atoms with E-state index in [9.17, 15) is 4.79 Å². The zero-order valence-corrected chi connectivity index (χ0v) is 6.51. The standard InChI is InChI=1S/C9H12O2/c10-8-9-2-1-6(4-9)3-7(9)5-11-8/h6-7H,1-5H2. The number of ether oxygens (including phenoxy) is 1. The lowest BCUT2D eigenvalue weighted by Gasteiger charge is -2.21. The van der Waals surface area contributed by atoms with Crippen LogP contribution >= 0.6 is 0 Å². The van der Waals surface area contributed by atoms with Crippen molar-refractivity contribution >= 4 is 5.97 Å². The van der Waals surface area contributed by atoms with Crippen molar-refractivity contribution in [3.05, 3.63) is 0 Å². The Morgan fingerprint density at radius 3 is 3.18 bits per heavy atom. The number of hydrogen-bond acceptors (Lipinski definition) is 2. The number of hydrogen-bond donors (Lipinski definition) is 0. The topological polar surface area (TPSA) is 26.3 Å². The van der Waals surface area contributed by atoms with Crippen molar-refractivity contribution < 1.29 is 9.53 Å². The molecule has 60 valence electrons. The summed E-state index contributed by atoms with van der Waals surface area (Å²) < 4.78 is 5.10. The predicted molar refractivity (Wildman–Crippen MR) is 38.8 cm³/mol. The summed E-state index contributed by atoms with van der Waals surface area (Å²) in [6.45, 7) is 0.718. The Hall–Kier alpha value is -0.530. The molecular weight excluding hydrogens is 140 g/mol. The number of fused-ring (bicyclic) bond motifs is 1. The van der Waals surface area contributed by atoms with Gasteiger partial charge < -0.3 is 4.74 Å². The van der Waals surface area contributed by atoms with Gasteiger partial charge in [0.25, 0.3) is 0 Å². The summed E-state index contributed by atoms with van der Waals surface area (Å²) in [6.07, 6.45) is 4.77. The first-order chi connectivity index (χ1) is 5.31. The lowest BCUT2D eigenvalue weighted by atomic mass is 9.77. The molecule has 0 aromatic heterocycles. The van der Waals surface area contributed by atoms with Crippen LogP contribution in [0.15, 0.2) is 0 Å². The number of carbonyl (C=O) groups is 1. The zero-order valence-electron chi connectivity index (χ0n) is 6.51. The summed E-state index contributed by atoms with van der Waals surface area (Å²) in [4.78, 5) is 11.4. The Morgan fingerprint density at radius 2 is 2.45 bits per heavy atom. The predicted octanol–water partition coefficient (Wildman–Crippen LogP) is 1.35. The maximum absolute atomic E-state index is 11.4. The number of esters is 1. The van der Waals surface area contributed by atoms with E-state index in [0.717, 1.165) is 25.4 Å². The van der Waals surface area contributed by atoms with Gasteiger partial charge in [0.05, 0.1) is 12.0 Å². The summed E-state index contributed by atoms with van der Waals surface area (Å²) in [6, 6.07) is 0. The second-order valence-electron chi connectivity index (χ2n) is 4.30. The third-order valence-corrected chi connectivity index (χ3v) is 3.87. The molecule has 2 aliphatic carbocycles. The molecule has 3 fully saturated rings. The van der Waals surface area contributed by atoms with Crippen molar-refractivity contribution in [2.45, 2.75) is 25.7 Å². The molecule has 0 radical (unpaired) electrons. The highest BCUT2D eigenvalue weighted by atomic mass is 16.5.